The number of amides is 1. The lowest BCUT2D eigenvalue weighted by molar-refractivity contribution is -0.116. The number of hydrogen-bond acceptors (Lipinski definition) is 3. The molecule has 1 aromatic carbocycles. The van der Waals surface area contributed by atoms with Crippen LogP contribution in [0.2, 0.25) is 0 Å². The number of benzene rings is 1. The van der Waals surface area contributed by atoms with Crippen LogP contribution in [0.15, 0.2) is 24.3 Å². The topological polar surface area (TPSA) is 54.5 Å². The molecule has 1 heterocycles. The summed E-state index contributed by atoms with van der Waals surface area (Å²) in [6.07, 6.45) is 3.75. The highest BCUT2D eigenvalue weighted by Crippen LogP contribution is 2.25. The number of sulfone groups is 1. The molecule has 1 amide bonds. The van der Waals surface area contributed by atoms with Crippen molar-refractivity contribution >= 4 is 33.0 Å². The van der Waals surface area contributed by atoms with Gasteiger partial charge < -0.3 is 4.90 Å². The smallest absolute Gasteiger partial charge is 0.242 e. The summed E-state index contributed by atoms with van der Waals surface area (Å²) in [7, 11) is -3.05. The molecule has 22 heavy (non-hydrogen) atoms. The number of alkyl halides is 1. The Kier molecular flexibility index (Phi) is 5.87. The monoisotopic (exact) mass is 343 g/mol. The van der Waals surface area contributed by atoms with E-state index in [-0.39, 0.29) is 29.3 Å². The highest BCUT2D eigenvalue weighted by atomic mass is 35.5. The Morgan fingerprint density at radius 1 is 1.32 bits per heavy atom. The third kappa shape index (κ3) is 4.23. The SMILES string of the molecule is CCCCc1ccc(N(C(=O)CCl)[C@@H]2CCS(=O)(=O)C2)cc1. The zero-order chi connectivity index (χ0) is 16.2. The van der Waals surface area contributed by atoms with Crippen molar-refractivity contribution in [2.24, 2.45) is 0 Å². The van der Waals surface area contributed by atoms with Crippen LogP contribution >= 0.6 is 11.6 Å². The third-order valence-corrected chi connectivity index (χ3v) is 5.97. The van der Waals surface area contributed by atoms with Crippen molar-refractivity contribution in [1.29, 1.82) is 0 Å². The number of aryl methyl sites for hydroxylation is 1. The van der Waals surface area contributed by atoms with Crippen LogP contribution in [0, 0.1) is 0 Å². The van der Waals surface area contributed by atoms with Crippen molar-refractivity contribution in [3.8, 4) is 0 Å². The Balaban J connectivity index is 2.21. The van der Waals surface area contributed by atoms with Crippen LogP contribution in [0.1, 0.15) is 31.7 Å². The number of hydrogen-bond donors (Lipinski definition) is 0. The van der Waals surface area contributed by atoms with E-state index in [1.54, 1.807) is 4.90 Å². The second kappa shape index (κ2) is 7.47. The standard InChI is InChI=1S/C16H22ClNO3S/c1-2-3-4-13-5-7-14(8-6-13)18(16(19)11-17)15-9-10-22(20,21)12-15/h5-8,15H,2-4,9-12H2,1H3/t15-/m1/s1. The summed E-state index contributed by atoms with van der Waals surface area (Å²) < 4.78 is 23.4. The lowest BCUT2D eigenvalue weighted by atomic mass is 10.1. The first-order chi connectivity index (χ1) is 10.5. The number of anilines is 1. The Hall–Kier alpha value is -1.07. The van der Waals surface area contributed by atoms with Crippen molar-refractivity contribution in [2.75, 3.05) is 22.3 Å². The molecule has 4 nitrogen and oxygen atoms in total. The van der Waals surface area contributed by atoms with Crippen molar-refractivity contribution in [3.05, 3.63) is 29.8 Å². The van der Waals surface area contributed by atoms with E-state index in [9.17, 15) is 13.2 Å². The van der Waals surface area contributed by atoms with E-state index in [0.29, 0.717) is 6.42 Å². The van der Waals surface area contributed by atoms with E-state index in [4.69, 9.17) is 11.6 Å². The van der Waals surface area contributed by atoms with Crippen LogP contribution < -0.4 is 4.90 Å². The second-order valence-electron chi connectivity index (χ2n) is 5.72. The zero-order valence-electron chi connectivity index (χ0n) is 12.8. The highest BCUT2D eigenvalue weighted by Gasteiger charge is 2.35. The van der Waals surface area contributed by atoms with Gasteiger partial charge in [0.15, 0.2) is 9.84 Å². The number of rotatable bonds is 6. The molecule has 0 bridgehead atoms. The van der Waals surface area contributed by atoms with Crippen molar-refractivity contribution < 1.29 is 13.2 Å². The molecule has 0 spiro atoms. The van der Waals surface area contributed by atoms with Gasteiger partial charge in [0.2, 0.25) is 5.91 Å². The summed E-state index contributed by atoms with van der Waals surface area (Å²) >= 11 is 5.71. The number of halogens is 1. The molecule has 0 aliphatic carbocycles. The van der Waals surface area contributed by atoms with Gasteiger partial charge in [-0.25, -0.2) is 8.42 Å². The first-order valence-electron chi connectivity index (χ1n) is 7.64. The normalized spacial score (nSPS) is 20.0. The van der Waals surface area contributed by atoms with Gasteiger partial charge in [0.05, 0.1) is 17.5 Å². The van der Waals surface area contributed by atoms with Crippen molar-refractivity contribution in [2.45, 2.75) is 38.6 Å². The van der Waals surface area contributed by atoms with E-state index >= 15 is 0 Å². The molecule has 1 fully saturated rings. The molecule has 6 heteroatoms. The molecule has 1 atom stereocenters. The number of nitrogens with zero attached hydrogens (tertiary/aromatic N) is 1. The molecule has 0 unspecified atom stereocenters. The minimum absolute atomic E-state index is 0.0210. The van der Waals surface area contributed by atoms with Crippen LogP contribution in [0.25, 0.3) is 0 Å². The van der Waals surface area contributed by atoms with E-state index in [1.165, 1.54) is 5.56 Å². The predicted octanol–water partition coefficient (Wildman–Crippen LogP) is 2.79. The molecular weight excluding hydrogens is 322 g/mol. The third-order valence-electron chi connectivity index (χ3n) is 3.99. The number of unbranched alkanes of at least 4 members (excludes halogenated alkanes) is 1. The quantitative estimate of drug-likeness (QED) is 0.746. The summed E-state index contributed by atoms with van der Waals surface area (Å²) in [6, 6.07) is 7.48. The summed E-state index contributed by atoms with van der Waals surface area (Å²) in [4.78, 5) is 13.7. The molecular formula is C16H22ClNO3S. The van der Waals surface area contributed by atoms with E-state index in [0.717, 1.165) is 24.9 Å². The van der Waals surface area contributed by atoms with Gasteiger partial charge in [-0.3, -0.25) is 4.79 Å². The number of carbonyl (C=O) groups excluding carboxylic acids is 1. The maximum Gasteiger partial charge on any atom is 0.242 e. The van der Waals surface area contributed by atoms with Gasteiger partial charge in [-0.05, 0) is 37.0 Å². The lowest BCUT2D eigenvalue weighted by Crippen LogP contribution is -2.42. The molecule has 0 N–H and O–H groups in total. The van der Waals surface area contributed by atoms with Crippen LogP contribution in [-0.4, -0.2) is 37.8 Å². The maximum absolute atomic E-state index is 12.2. The van der Waals surface area contributed by atoms with Gasteiger partial charge in [-0.2, -0.15) is 0 Å². The average Bonchev–Trinajstić information content (AvgIpc) is 2.86. The Morgan fingerprint density at radius 3 is 2.50 bits per heavy atom. The molecule has 0 saturated carbocycles. The summed E-state index contributed by atoms with van der Waals surface area (Å²) in [5.41, 5.74) is 1.95. The highest BCUT2D eigenvalue weighted by molar-refractivity contribution is 7.91. The largest absolute Gasteiger partial charge is 0.307 e. The first-order valence-corrected chi connectivity index (χ1v) is 10.00. The van der Waals surface area contributed by atoms with Gasteiger partial charge in [0, 0.05) is 5.69 Å². The Morgan fingerprint density at radius 2 is 2.00 bits per heavy atom. The van der Waals surface area contributed by atoms with E-state index in [2.05, 4.69) is 6.92 Å². The Bertz CT molecular complexity index is 613. The van der Waals surface area contributed by atoms with Gasteiger partial charge in [-0.15, -0.1) is 11.6 Å². The average molecular weight is 344 g/mol. The van der Waals surface area contributed by atoms with E-state index < -0.39 is 9.84 Å². The fraction of sp³-hybridized carbons (Fsp3) is 0.562. The molecule has 0 radical (unpaired) electrons. The van der Waals surface area contributed by atoms with Crippen LogP contribution in [-0.2, 0) is 21.1 Å². The molecule has 1 aliphatic rings. The zero-order valence-corrected chi connectivity index (χ0v) is 14.4. The predicted molar refractivity (Wildman–Crippen MR) is 90.3 cm³/mol. The van der Waals surface area contributed by atoms with Gasteiger partial charge in [0.25, 0.3) is 0 Å². The molecule has 1 saturated heterocycles. The molecule has 1 aromatic rings. The summed E-state index contributed by atoms with van der Waals surface area (Å²) in [5, 5.41) is 0. The fourth-order valence-electron chi connectivity index (χ4n) is 2.81. The second-order valence-corrected chi connectivity index (χ2v) is 8.22. The summed E-state index contributed by atoms with van der Waals surface area (Å²) in [5.74, 6) is -0.232. The Labute approximate surface area is 137 Å². The van der Waals surface area contributed by atoms with E-state index in [1.807, 2.05) is 24.3 Å². The van der Waals surface area contributed by atoms with Crippen molar-refractivity contribution in [3.63, 3.8) is 0 Å². The van der Waals surface area contributed by atoms with Gasteiger partial charge in [-0.1, -0.05) is 25.5 Å². The number of carbonyl (C=O) groups is 1. The maximum atomic E-state index is 12.2. The van der Waals surface area contributed by atoms with Gasteiger partial charge in [0.1, 0.15) is 5.88 Å². The minimum Gasteiger partial charge on any atom is -0.307 e. The van der Waals surface area contributed by atoms with Crippen LogP contribution in [0.4, 0.5) is 5.69 Å². The summed E-state index contributed by atoms with van der Waals surface area (Å²) in [6.45, 7) is 2.15. The fourth-order valence-corrected chi connectivity index (χ4v) is 4.63. The van der Waals surface area contributed by atoms with Crippen molar-refractivity contribution in [1.82, 2.24) is 0 Å². The molecule has 2 rings (SSSR count). The molecule has 0 aromatic heterocycles. The van der Waals surface area contributed by atoms with Crippen LogP contribution in [0.5, 0.6) is 0 Å². The van der Waals surface area contributed by atoms with Gasteiger partial charge >= 0.3 is 0 Å². The lowest BCUT2D eigenvalue weighted by Gasteiger charge is -2.28. The minimum atomic E-state index is -3.05. The molecule has 122 valence electrons. The molecule has 1 aliphatic heterocycles. The van der Waals surface area contributed by atoms with Crippen LogP contribution in [0.3, 0.4) is 0 Å². The first kappa shape index (κ1) is 17.3.